The van der Waals surface area contributed by atoms with E-state index in [0.717, 1.165) is 0 Å². The second-order valence-electron chi connectivity index (χ2n) is 13.9. The maximum absolute atomic E-state index is 11.6. The zero-order chi connectivity index (χ0) is 37.8. The lowest BCUT2D eigenvalue weighted by Crippen LogP contribution is -2.67. The number of aliphatic hydroxyl groups is 12. The minimum Gasteiger partial charge on any atom is -0.388 e. The molecule has 0 aromatic rings. The van der Waals surface area contributed by atoms with Crippen LogP contribution in [0.15, 0.2) is 0 Å². The molecule has 0 aromatic carbocycles. The van der Waals surface area contributed by atoms with Crippen LogP contribution in [0.1, 0.15) is 34.6 Å². The van der Waals surface area contributed by atoms with Crippen LogP contribution in [0.2, 0.25) is 0 Å². The highest BCUT2D eigenvalue weighted by atomic mass is 16.8. The molecule has 5 fully saturated rings. The van der Waals surface area contributed by atoms with Crippen LogP contribution in [-0.4, -0.2) is 215 Å². The van der Waals surface area contributed by atoms with Crippen molar-refractivity contribution in [1.29, 1.82) is 0 Å². The molecule has 0 radical (unpaired) electrons. The summed E-state index contributed by atoms with van der Waals surface area (Å²) in [6, 6.07) is 0. The SMILES string of the molecule is C[C@@H]1O[C@@H](O[C@@H]2[C@@H](O[C@@H]3O[C@@H](C)[C@H](O)[C@@H](O)[C@H]3O)[C@@H](O)[C@H](O[C@@H]3[C@@H](O)[C@@H](O)[C@H](O[C@H]4C(O)O[C@H](C)[C@H](O)[C@@H]4O)O[C@H]3C)O[C@H]2C)[C@H](O)[C@H](O)[C@H]1O. The van der Waals surface area contributed by atoms with E-state index < -0.39 is 154 Å². The summed E-state index contributed by atoms with van der Waals surface area (Å²) in [4.78, 5) is 0. The van der Waals surface area contributed by atoms with E-state index in [1.807, 2.05) is 0 Å². The highest BCUT2D eigenvalue weighted by Crippen LogP contribution is 2.36. The minimum atomic E-state index is -1.88. The third kappa shape index (κ3) is 8.24. The van der Waals surface area contributed by atoms with Crippen LogP contribution >= 0.6 is 0 Å². The van der Waals surface area contributed by atoms with Crippen molar-refractivity contribution in [2.45, 2.75) is 188 Å². The van der Waals surface area contributed by atoms with Gasteiger partial charge in [0, 0.05) is 0 Å². The van der Waals surface area contributed by atoms with Crippen LogP contribution in [0.25, 0.3) is 0 Å². The lowest BCUT2D eigenvalue weighted by Gasteiger charge is -2.50. The van der Waals surface area contributed by atoms with Gasteiger partial charge in [0.25, 0.3) is 0 Å². The number of ether oxygens (including phenoxy) is 9. The van der Waals surface area contributed by atoms with E-state index in [9.17, 15) is 61.3 Å². The third-order valence-electron chi connectivity index (χ3n) is 10.1. The molecule has 298 valence electrons. The van der Waals surface area contributed by atoms with Gasteiger partial charge in [-0.05, 0) is 34.6 Å². The highest BCUT2D eigenvalue weighted by molar-refractivity contribution is 4.98. The Morgan fingerprint density at radius 1 is 0.275 bits per heavy atom. The summed E-state index contributed by atoms with van der Waals surface area (Å²) in [7, 11) is 0. The van der Waals surface area contributed by atoms with Gasteiger partial charge in [0.2, 0.25) is 0 Å². The third-order valence-corrected chi connectivity index (χ3v) is 10.1. The largest absolute Gasteiger partial charge is 0.388 e. The van der Waals surface area contributed by atoms with E-state index in [2.05, 4.69) is 0 Å². The van der Waals surface area contributed by atoms with E-state index in [1.165, 1.54) is 34.6 Å². The molecule has 12 N–H and O–H groups in total. The van der Waals surface area contributed by atoms with E-state index in [0.29, 0.717) is 0 Å². The number of rotatable bonds is 8. The van der Waals surface area contributed by atoms with Crippen LogP contribution in [-0.2, 0) is 42.6 Å². The second-order valence-corrected chi connectivity index (χ2v) is 13.9. The molecular formula is C30H52O21. The molecule has 51 heavy (non-hydrogen) atoms. The average Bonchev–Trinajstić information content (AvgIpc) is 3.08. The quantitative estimate of drug-likeness (QED) is 0.110. The van der Waals surface area contributed by atoms with Crippen LogP contribution in [0.3, 0.4) is 0 Å². The molecule has 5 saturated heterocycles. The zero-order valence-electron chi connectivity index (χ0n) is 28.5. The lowest BCUT2D eigenvalue weighted by atomic mass is 9.95. The summed E-state index contributed by atoms with van der Waals surface area (Å²) in [6.07, 6.45) is -38.2. The van der Waals surface area contributed by atoms with Gasteiger partial charge in [0.15, 0.2) is 31.5 Å². The van der Waals surface area contributed by atoms with E-state index in [4.69, 9.17) is 42.6 Å². The molecular weight excluding hydrogens is 696 g/mol. The topological polar surface area (TPSA) is 326 Å². The smallest absolute Gasteiger partial charge is 0.187 e. The molecule has 21 nitrogen and oxygen atoms in total. The van der Waals surface area contributed by atoms with Crippen LogP contribution in [0, 0.1) is 0 Å². The van der Waals surface area contributed by atoms with Crippen molar-refractivity contribution in [3.05, 3.63) is 0 Å². The van der Waals surface area contributed by atoms with Gasteiger partial charge < -0.3 is 104 Å². The molecule has 5 aliphatic heterocycles. The van der Waals surface area contributed by atoms with Crippen LogP contribution in [0.4, 0.5) is 0 Å². The number of hydrogen-bond acceptors (Lipinski definition) is 21. The molecule has 0 aliphatic carbocycles. The van der Waals surface area contributed by atoms with Crippen LogP contribution in [0.5, 0.6) is 0 Å². The van der Waals surface area contributed by atoms with E-state index in [1.54, 1.807) is 0 Å². The molecule has 5 rings (SSSR count). The molecule has 0 bridgehead atoms. The fourth-order valence-corrected chi connectivity index (χ4v) is 6.79. The molecule has 0 aromatic heterocycles. The summed E-state index contributed by atoms with van der Waals surface area (Å²) < 4.78 is 51.2. The van der Waals surface area contributed by atoms with Crippen molar-refractivity contribution in [2.75, 3.05) is 0 Å². The molecule has 25 atom stereocenters. The Kier molecular flexibility index (Phi) is 13.4. The van der Waals surface area contributed by atoms with Gasteiger partial charge in [-0.3, -0.25) is 0 Å². The fraction of sp³-hybridized carbons (Fsp3) is 1.00. The Bertz CT molecular complexity index is 1120. The first-order valence-corrected chi connectivity index (χ1v) is 16.9. The van der Waals surface area contributed by atoms with Crippen molar-refractivity contribution in [1.82, 2.24) is 0 Å². The Labute approximate surface area is 292 Å². The Hall–Kier alpha value is -0.840. The predicted molar refractivity (Wildman–Crippen MR) is 159 cm³/mol. The first-order valence-electron chi connectivity index (χ1n) is 16.9. The molecule has 0 amide bonds. The molecule has 0 spiro atoms. The van der Waals surface area contributed by atoms with Gasteiger partial charge in [-0.1, -0.05) is 0 Å². The van der Waals surface area contributed by atoms with Crippen molar-refractivity contribution >= 4 is 0 Å². The number of hydrogen-bond donors (Lipinski definition) is 12. The van der Waals surface area contributed by atoms with Crippen LogP contribution < -0.4 is 0 Å². The van der Waals surface area contributed by atoms with Crippen molar-refractivity contribution in [2.24, 2.45) is 0 Å². The molecule has 1 unspecified atom stereocenters. The summed E-state index contributed by atoms with van der Waals surface area (Å²) in [5, 5.41) is 127. The maximum Gasteiger partial charge on any atom is 0.187 e. The van der Waals surface area contributed by atoms with Crippen molar-refractivity contribution in [3.8, 4) is 0 Å². The van der Waals surface area contributed by atoms with Crippen molar-refractivity contribution in [3.63, 3.8) is 0 Å². The highest BCUT2D eigenvalue weighted by Gasteiger charge is 2.55. The van der Waals surface area contributed by atoms with E-state index >= 15 is 0 Å². The Balaban J connectivity index is 1.33. The second kappa shape index (κ2) is 16.5. The normalized spacial score (nSPS) is 57.2. The molecule has 5 aliphatic rings. The Morgan fingerprint density at radius 2 is 0.588 bits per heavy atom. The lowest BCUT2D eigenvalue weighted by molar-refractivity contribution is -0.398. The van der Waals surface area contributed by atoms with Gasteiger partial charge in [-0.15, -0.1) is 0 Å². The van der Waals surface area contributed by atoms with Gasteiger partial charge in [-0.25, -0.2) is 0 Å². The summed E-state index contributed by atoms with van der Waals surface area (Å²) in [5.41, 5.74) is 0. The summed E-state index contributed by atoms with van der Waals surface area (Å²) in [6.45, 7) is 7.10. The summed E-state index contributed by atoms with van der Waals surface area (Å²) >= 11 is 0. The zero-order valence-corrected chi connectivity index (χ0v) is 28.5. The fourth-order valence-electron chi connectivity index (χ4n) is 6.79. The van der Waals surface area contributed by atoms with Gasteiger partial charge in [0.1, 0.15) is 91.6 Å². The van der Waals surface area contributed by atoms with E-state index in [-0.39, 0.29) is 0 Å². The monoisotopic (exact) mass is 748 g/mol. The van der Waals surface area contributed by atoms with Gasteiger partial charge in [-0.2, -0.15) is 0 Å². The maximum atomic E-state index is 11.6. The molecule has 21 heteroatoms. The first-order chi connectivity index (χ1) is 23.8. The minimum absolute atomic E-state index is 0.937. The standard InChI is InChI=1S/C30H52O21/c1-6-13(33)16(36)25(26(42)43-6)51-29-20(40)17(37)22(9(4)46-29)48-30-21(41)24(50-28-19(39)15(35)12(32)8(3)45-28)23(10(5)47-30)49-27-18(38)14(34)11(31)7(2)44-27/h6-42H,1-5H3/t6-,7+,8+,9+,10+,11+,12+,13+,14-,15-,16+,17+,18-,19-,20-,21-,22+,23+,24+,25-,26?,27+,28+,29+,30+/m1/s1. The summed E-state index contributed by atoms with van der Waals surface area (Å²) in [5.74, 6) is 0. The molecule has 0 saturated carbocycles. The average molecular weight is 749 g/mol. The van der Waals surface area contributed by atoms with Crippen molar-refractivity contribution < 1.29 is 104 Å². The molecule has 5 heterocycles. The number of aliphatic hydroxyl groups excluding tert-OH is 12. The van der Waals surface area contributed by atoms with Gasteiger partial charge in [0.05, 0.1) is 30.5 Å². The predicted octanol–water partition coefficient (Wildman–Crippen LogP) is -6.79. The first kappa shape index (κ1) is 41.3. The van der Waals surface area contributed by atoms with Gasteiger partial charge >= 0.3 is 0 Å². The Morgan fingerprint density at radius 3 is 1.10 bits per heavy atom.